The zero-order valence-electron chi connectivity index (χ0n) is 11.9. The van der Waals surface area contributed by atoms with Gasteiger partial charge >= 0.3 is 12.0 Å². The maximum absolute atomic E-state index is 12.1. The van der Waals surface area contributed by atoms with E-state index in [9.17, 15) is 9.59 Å². The van der Waals surface area contributed by atoms with E-state index in [-0.39, 0.29) is 23.9 Å². The molecule has 1 atom stereocenters. The third-order valence-corrected chi connectivity index (χ3v) is 4.14. The van der Waals surface area contributed by atoms with Crippen LogP contribution in [-0.4, -0.2) is 52.6 Å². The van der Waals surface area contributed by atoms with E-state index in [0.29, 0.717) is 18.8 Å². The fraction of sp³-hybridized carbons (Fsp3) is 0.846. The third kappa shape index (κ3) is 6.18. The van der Waals surface area contributed by atoms with E-state index < -0.39 is 5.97 Å². The second-order valence-electron chi connectivity index (χ2n) is 6.06. The molecule has 2 amide bonds. The molecule has 0 aromatic carbocycles. The lowest BCUT2D eigenvalue weighted by Crippen LogP contribution is -2.51. The van der Waals surface area contributed by atoms with Crippen LogP contribution in [0.25, 0.3) is 0 Å². The molecular formula is C13H24N2O3S. The second kappa shape index (κ2) is 7.03. The van der Waals surface area contributed by atoms with Gasteiger partial charge in [0.2, 0.25) is 0 Å². The molecule has 1 heterocycles. The predicted octanol–water partition coefficient (Wildman–Crippen LogP) is 2.02. The Kier molecular flexibility index (Phi) is 5.97. The Labute approximate surface area is 119 Å². The summed E-state index contributed by atoms with van der Waals surface area (Å²) in [6, 6.07) is -0.318. The van der Waals surface area contributed by atoms with Crippen LogP contribution in [0.3, 0.4) is 0 Å². The number of carboxylic acids is 1. The lowest BCUT2D eigenvalue weighted by Gasteiger charge is -2.34. The van der Waals surface area contributed by atoms with E-state index in [1.165, 1.54) is 0 Å². The second-order valence-corrected chi connectivity index (χ2v) is 7.21. The minimum Gasteiger partial charge on any atom is -0.481 e. The monoisotopic (exact) mass is 288 g/mol. The zero-order chi connectivity index (χ0) is 14.5. The van der Waals surface area contributed by atoms with Crippen LogP contribution in [0.2, 0.25) is 0 Å². The van der Waals surface area contributed by atoms with Gasteiger partial charge < -0.3 is 15.3 Å². The van der Waals surface area contributed by atoms with Gasteiger partial charge in [-0.3, -0.25) is 4.79 Å². The van der Waals surface area contributed by atoms with Crippen molar-refractivity contribution in [2.24, 2.45) is 5.41 Å². The predicted molar refractivity (Wildman–Crippen MR) is 77.5 cm³/mol. The SMILES string of the molecule is CC(C)(C)CCNC(=O)N1CCSCC1CC(=O)O. The van der Waals surface area contributed by atoms with Gasteiger partial charge in [-0.25, -0.2) is 4.79 Å². The third-order valence-electron chi connectivity index (χ3n) is 3.05. The van der Waals surface area contributed by atoms with Crippen molar-refractivity contribution < 1.29 is 14.7 Å². The number of carboxylic acid groups (broad SMARTS) is 1. The van der Waals surface area contributed by atoms with Gasteiger partial charge in [0.1, 0.15) is 0 Å². The van der Waals surface area contributed by atoms with Crippen molar-refractivity contribution in [3.63, 3.8) is 0 Å². The van der Waals surface area contributed by atoms with Crippen LogP contribution >= 0.6 is 11.8 Å². The molecule has 6 heteroatoms. The molecule has 0 aromatic heterocycles. The van der Waals surface area contributed by atoms with Crippen molar-refractivity contribution in [3.8, 4) is 0 Å². The number of hydrogen-bond acceptors (Lipinski definition) is 3. The molecule has 0 aromatic rings. The summed E-state index contributed by atoms with van der Waals surface area (Å²) in [6.07, 6.45) is 0.935. The molecule has 1 unspecified atom stereocenters. The van der Waals surface area contributed by atoms with Crippen LogP contribution in [0.5, 0.6) is 0 Å². The summed E-state index contributed by atoms with van der Waals surface area (Å²) in [4.78, 5) is 24.6. The van der Waals surface area contributed by atoms with E-state index >= 15 is 0 Å². The van der Waals surface area contributed by atoms with Crippen LogP contribution in [0, 0.1) is 5.41 Å². The molecule has 1 aliphatic heterocycles. The number of nitrogens with one attached hydrogen (secondary N) is 1. The van der Waals surface area contributed by atoms with E-state index in [0.717, 1.165) is 12.2 Å². The molecule has 110 valence electrons. The average Bonchev–Trinajstić information content (AvgIpc) is 2.27. The molecule has 0 saturated carbocycles. The van der Waals surface area contributed by atoms with Crippen LogP contribution < -0.4 is 5.32 Å². The fourth-order valence-corrected chi connectivity index (χ4v) is 3.00. The van der Waals surface area contributed by atoms with Crippen molar-refractivity contribution in [3.05, 3.63) is 0 Å². The quantitative estimate of drug-likeness (QED) is 0.830. The smallest absolute Gasteiger partial charge is 0.317 e. The van der Waals surface area contributed by atoms with Crippen molar-refractivity contribution in [1.29, 1.82) is 0 Å². The lowest BCUT2D eigenvalue weighted by atomic mass is 9.92. The number of thioether (sulfide) groups is 1. The Morgan fingerprint density at radius 1 is 1.42 bits per heavy atom. The highest BCUT2D eigenvalue weighted by atomic mass is 32.2. The van der Waals surface area contributed by atoms with Crippen molar-refractivity contribution in [2.45, 2.75) is 39.7 Å². The molecule has 2 N–H and O–H groups in total. The van der Waals surface area contributed by atoms with Crippen LogP contribution in [-0.2, 0) is 4.79 Å². The van der Waals surface area contributed by atoms with Gasteiger partial charge in [-0.15, -0.1) is 0 Å². The van der Waals surface area contributed by atoms with Gasteiger partial charge in [0, 0.05) is 24.6 Å². The van der Waals surface area contributed by atoms with E-state index in [4.69, 9.17) is 5.11 Å². The molecule has 5 nitrogen and oxygen atoms in total. The summed E-state index contributed by atoms with van der Waals surface area (Å²) in [6.45, 7) is 7.65. The largest absolute Gasteiger partial charge is 0.481 e. The Balaban J connectivity index is 2.45. The Morgan fingerprint density at radius 2 is 2.11 bits per heavy atom. The number of rotatable bonds is 4. The first-order valence-electron chi connectivity index (χ1n) is 6.63. The first-order chi connectivity index (χ1) is 8.79. The number of urea groups is 1. The number of aliphatic carboxylic acids is 1. The number of hydrogen-bond donors (Lipinski definition) is 2. The van der Waals surface area contributed by atoms with Crippen LogP contribution in [0.4, 0.5) is 4.79 Å². The summed E-state index contributed by atoms with van der Waals surface area (Å²) in [5.74, 6) is 0.738. The molecule has 0 aliphatic carbocycles. The highest BCUT2D eigenvalue weighted by molar-refractivity contribution is 7.99. The Bertz CT molecular complexity index is 328. The van der Waals surface area contributed by atoms with Gasteiger partial charge in [-0.2, -0.15) is 11.8 Å². The maximum Gasteiger partial charge on any atom is 0.317 e. The summed E-state index contributed by atoms with van der Waals surface area (Å²) in [5.41, 5.74) is 0.186. The average molecular weight is 288 g/mol. The standard InChI is InChI=1S/C13H24N2O3S/c1-13(2,3)4-5-14-12(18)15-6-7-19-9-10(15)8-11(16)17/h10H,4-9H2,1-3H3,(H,14,18)(H,16,17). The van der Waals surface area contributed by atoms with Gasteiger partial charge in [-0.1, -0.05) is 20.8 Å². The molecular weight excluding hydrogens is 264 g/mol. The Morgan fingerprint density at radius 3 is 2.68 bits per heavy atom. The number of amides is 2. The first-order valence-corrected chi connectivity index (χ1v) is 7.79. The minimum absolute atomic E-state index is 0.0275. The highest BCUT2D eigenvalue weighted by Crippen LogP contribution is 2.20. The molecule has 19 heavy (non-hydrogen) atoms. The maximum atomic E-state index is 12.1. The lowest BCUT2D eigenvalue weighted by molar-refractivity contribution is -0.137. The molecule has 1 aliphatic rings. The minimum atomic E-state index is -0.847. The Hall–Kier alpha value is -0.910. The van der Waals surface area contributed by atoms with E-state index in [1.54, 1.807) is 16.7 Å². The highest BCUT2D eigenvalue weighted by Gasteiger charge is 2.28. The van der Waals surface area contributed by atoms with Crippen LogP contribution in [0.1, 0.15) is 33.6 Å². The number of carbonyl (C=O) groups is 2. The van der Waals surface area contributed by atoms with E-state index in [1.807, 2.05) is 0 Å². The van der Waals surface area contributed by atoms with Crippen molar-refractivity contribution >= 4 is 23.8 Å². The van der Waals surface area contributed by atoms with E-state index in [2.05, 4.69) is 26.1 Å². The van der Waals surface area contributed by atoms with Gasteiger partial charge in [0.05, 0.1) is 12.5 Å². The van der Waals surface area contributed by atoms with Crippen molar-refractivity contribution in [1.82, 2.24) is 10.2 Å². The van der Waals surface area contributed by atoms with Crippen molar-refractivity contribution in [2.75, 3.05) is 24.6 Å². The molecule has 1 saturated heterocycles. The first kappa shape index (κ1) is 16.1. The van der Waals surface area contributed by atoms with Gasteiger partial charge in [0.15, 0.2) is 0 Å². The zero-order valence-corrected chi connectivity index (χ0v) is 12.8. The number of nitrogens with zero attached hydrogens (tertiary/aromatic N) is 1. The molecule has 0 bridgehead atoms. The van der Waals surface area contributed by atoms with Gasteiger partial charge in [-0.05, 0) is 11.8 Å². The normalized spacial score (nSPS) is 20.2. The molecule has 1 fully saturated rings. The molecule has 0 spiro atoms. The topological polar surface area (TPSA) is 69.6 Å². The molecule has 0 radical (unpaired) electrons. The molecule has 1 rings (SSSR count). The number of carbonyl (C=O) groups excluding carboxylic acids is 1. The fourth-order valence-electron chi connectivity index (χ4n) is 1.94. The summed E-state index contributed by atoms with van der Waals surface area (Å²) in [7, 11) is 0. The summed E-state index contributed by atoms with van der Waals surface area (Å²) >= 11 is 1.71. The van der Waals surface area contributed by atoms with Gasteiger partial charge in [0.25, 0.3) is 0 Å². The summed E-state index contributed by atoms with van der Waals surface area (Å²) < 4.78 is 0. The summed E-state index contributed by atoms with van der Waals surface area (Å²) in [5, 5.41) is 11.8. The van der Waals surface area contributed by atoms with Crippen LogP contribution in [0.15, 0.2) is 0 Å².